The van der Waals surface area contributed by atoms with Gasteiger partial charge in [-0.2, -0.15) is 0 Å². The number of hydrogen-bond donors (Lipinski definition) is 2. The van der Waals surface area contributed by atoms with E-state index in [2.05, 4.69) is 15.4 Å². The first-order chi connectivity index (χ1) is 15.0. The number of benzene rings is 1. The van der Waals surface area contributed by atoms with Crippen molar-refractivity contribution in [3.8, 4) is 11.3 Å². The number of amides is 1. The Morgan fingerprint density at radius 2 is 1.81 bits per heavy atom. The van der Waals surface area contributed by atoms with Gasteiger partial charge in [0.15, 0.2) is 5.65 Å². The fraction of sp³-hybridized carbons (Fsp3) is 0.130. The first-order valence-corrected chi connectivity index (χ1v) is 9.91. The maximum absolute atomic E-state index is 13.1. The number of anilines is 1. The van der Waals surface area contributed by atoms with E-state index in [4.69, 9.17) is 4.98 Å². The number of imidazole rings is 1. The number of aryl methyl sites for hydroxylation is 2. The van der Waals surface area contributed by atoms with Crippen LogP contribution in [0.2, 0.25) is 0 Å². The van der Waals surface area contributed by atoms with E-state index in [9.17, 15) is 9.59 Å². The quantitative estimate of drug-likeness (QED) is 0.474. The summed E-state index contributed by atoms with van der Waals surface area (Å²) in [6.07, 6.45) is 1.99. The summed E-state index contributed by atoms with van der Waals surface area (Å²) in [5.41, 5.74) is 4.95. The van der Waals surface area contributed by atoms with Gasteiger partial charge in [0.2, 0.25) is 5.91 Å². The molecule has 0 bridgehead atoms. The van der Waals surface area contributed by atoms with Crippen LogP contribution >= 0.6 is 0 Å². The number of hydrogen-bond acceptors (Lipinski definition) is 4. The molecule has 0 saturated carbocycles. The summed E-state index contributed by atoms with van der Waals surface area (Å²) < 4.78 is 3.48. The lowest BCUT2D eigenvalue weighted by molar-refractivity contribution is -0.115. The number of carbonyl (C=O) groups excluding carboxylic acids is 1. The molecule has 0 aliphatic rings. The van der Waals surface area contributed by atoms with Crippen LogP contribution in [0.15, 0.2) is 65.6 Å². The summed E-state index contributed by atoms with van der Waals surface area (Å²) in [4.78, 5) is 34.0. The molecule has 0 radical (unpaired) electrons. The number of rotatable bonds is 4. The summed E-state index contributed by atoms with van der Waals surface area (Å²) in [6.45, 7) is 3.71. The molecule has 5 rings (SSSR count). The van der Waals surface area contributed by atoms with E-state index in [0.29, 0.717) is 22.9 Å². The van der Waals surface area contributed by atoms with Crippen LogP contribution in [-0.2, 0) is 11.2 Å². The Morgan fingerprint density at radius 3 is 2.61 bits per heavy atom. The molecule has 0 unspecified atom stereocenters. The van der Waals surface area contributed by atoms with Gasteiger partial charge in [-0.1, -0.05) is 36.4 Å². The number of nitrogens with zero attached hydrogens (tertiary/aromatic N) is 4. The zero-order valence-corrected chi connectivity index (χ0v) is 17.1. The molecule has 4 heterocycles. The molecule has 0 fully saturated rings. The van der Waals surface area contributed by atoms with Gasteiger partial charge >= 0.3 is 0 Å². The van der Waals surface area contributed by atoms with Crippen molar-refractivity contribution in [3.05, 3.63) is 88.1 Å². The second kappa shape index (κ2) is 7.24. The SMILES string of the molecule is Cc1nc2cc(=O)[nH]n2c(C)c1CC(=O)Nc1c(-c2ccccc2)nc2ccccn12. The fourth-order valence-electron chi connectivity index (χ4n) is 3.86. The predicted molar refractivity (Wildman–Crippen MR) is 118 cm³/mol. The summed E-state index contributed by atoms with van der Waals surface area (Å²) in [6, 6.07) is 16.9. The van der Waals surface area contributed by atoms with Crippen molar-refractivity contribution in [1.82, 2.24) is 24.0 Å². The summed E-state index contributed by atoms with van der Waals surface area (Å²) in [7, 11) is 0. The Bertz CT molecular complexity index is 1490. The lowest BCUT2D eigenvalue weighted by atomic mass is 10.1. The van der Waals surface area contributed by atoms with Crippen molar-refractivity contribution in [2.24, 2.45) is 0 Å². The molecule has 2 N–H and O–H groups in total. The van der Waals surface area contributed by atoms with Crippen LogP contribution in [0.5, 0.6) is 0 Å². The highest BCUT2D eigenvalue weighted by Gasteiger charge is 2.19. The van der Waals surface area contributed by atoms with Crippen molar-refractivity contribution in [3.63, 3.8) is 0 Å². The number of nitrogens with one attached hydrogen (secondary N) is 2. The highest BCUT2D eigenvalue weighted by Crippen LogP contribution is 2.29. The Kier molecular flexibility index (Phi) is 4.39. The molecule has 0 atom stereocenters. The average Bonchev–Trinajstić information content (AvgIpc) is 3.32. The van der Waals surface area contributed by atoms with Crippen molar-refractivity contribution in [2.45, 2.75) is 20.3 Å². The molecule has 154 valence electrons. The van der Waals surface area contributed by atoms with Crippen molar-refractivity contribution in [1.29, 1.82) is 0 Å². The Labute approximate surface area is 177 Å². The molecular weight excluding hydrogens is 392 g/mol. The first-order valence-electron chi connectivity index (χ1n) is 9.91. The second-order valence-corrected chi connectivity index (χ2v) is 7.40. The maximum atomic E-state index is 13.1. The van der Waals surface area contributed by atoms with Crippen LogP contribution in [0.4, 0.5) is 5.82 Å². The number of aromatic amines is 1. The third-order valence-electron chi connectivity index (χ3n) is 5.37. The number of fused-ring (bicyclic) bond motifs is 2. The molecule has 1 amide bonds. The third kappa shape index (κ3) is 3.28. The van der Waals surface area contributed by atoms with Gasteiger partial charge < -0.3 is 5.32 Å². The topological polar surface area (TPSA) is 96.6 Å². The highest BCUT2D eigenvalue weighted by molar-refractivity contribution is 5.96. The monoisotopic (exact) mass is 412 g/mol. The molecule has 0 aliphatic heterocycles. The van der Waals surface area contributed by atoms with Crippen LogP contribution < -0.4 is 10.9 Å². The van der Waals surface area contributed by atoms with Crippen LogP contribution in [0.25, 0.3) is 22.6 Å². The number of aromatic nitrogens is 5. The predicted octanol–water partition coefficient (Wildman–Crippen LogP) is 3.14. The van der Waals surface area contributed by atoms with Gasteiger partial charge in [-0.05, 0) is 26.0 Å². The molecule has 0 aliphatic carbocycles. The summed E-state index contributed by atoms with van der Waals surface area (Å²) >= 11 is 0. The number of pyridine rings is 1. The van der Waals surface area contributed by atoms with E-state index in [1.807, 2.05) is 73.0 Å². The fourth-order valence-corrected chi connectivity index (χ4v) is 3.86. The maximum Gasteiger partial charge on any atom is 0.266 e. The lowest BCUT2D eigenvalue weighted by Gasteiger charge is -2.12. The molecule has 31 heavy (non-hydrogen) atoms. The van der Waals surface area contributed by atoms with Gasteiger partial charge in [-0.25, -0.2) is 14.5 Å². The van der Waals surface area contributed by atoms with Crippen molar-refractivity contribution >= 4 is 23.0 Å². The van der Waals surface area contributed by atoms with Crippen molar-refractivity contribution in [2.75, 3.05) is 5.32 Å². The van der Waals surface area contributed by atoms with E-state index < -0.39 is 0 Å². The van der Waals surface area contributed by atoms with E-state index in [0.717, 1.165) is 22.5 Å². The van der Waals surface area contributed by atoms with Crippen LogP contribution in [-0.4, -0.2) is 29.9 Å². The summed E-state index contributed by atoms with van der Waals surface area (Å²) in [5, 5.41) is 5.76. The molecular formula is C23H20N6O2. The van der Waals surface area contributed by atoms with Gasteiger partial charge in [0.1, 0.15) is 17.2 Å². The van der Waals surface area contributed by atoms with Gasteiger partial charge in [-0.3, -0.25) is 19.1 Å². The zero-order chi connectivity index (χ0) is 21.5. The Morgan fingerprint density at radius 1 is 1.03 bits per heavy atom. The van der Waals surface area contributed by atoms with Gasteiger partial charge in [0.05, 0.1) is 6.42 Å². The Balaban J connectivity index is 1.53. The standard InChI is InChI=1S/C23H20N6O2/c1-14-17(15(2)29-19(24-14)13-21(31)27-29)12-20(30)26-23-22(16-8-4-3-5-9-16)25-18-10-6-7-11-28(18)23/h3-11,13H,12H2,1-2H3,(H,26,30)(H,27,31). The number of carbonyl (C=O) groups is 1. The van der Waals surface area contributed by atoms with Crippen LogP contribution in [0.1, 0.15) is 17.0 Å². The highest BCUT2D eigenvalue weighted by atomic mass is 16.1. The molecule has 1 aromatic carbocycles. The molecule has 0 saturated heterocycles. The third-order valence-corrected chi connectivity index (χ3v) is 5.37. The van der Waals surface area contributed by atoms with E-state index >= 15 is 0 Å². The lowest BCUT2D eigenvalue weighted by Crippen LogP contribution is -2.19. The molecule has 5 aromatic rings. The Hall–Kier alpha value is -4.20. The average molecular weight is 412 g/mol. The molecule has 8 nitrogen and oxygen atoms in total. The minimum absolute atomic E-state index is 0.120. The van der Waals surface area contributed by atoms with E-state index in [1.165, 1.54) is 6.07 Å². The van der Waals surface area contributed by atoms with Crippen LogP contribution in [0, 0.1) is 13.8 Å². The van der Waals surface area contributed by atoms with Crippen LogP contribution in [0.3, 0.4) is 0 Å². The van der Waals surface area contributed by atoms with E-state index in [-0.39, 0.29) is 17.9 Å². The normalized spacial score (nSPS) is 11.3. The second-order valence-electron chi connectivity index (χ2n) is 7.40. The van der Waals surface area contributed by atoms with E-state index in [1.54, 1.807) is 4.52 Å². The van der Waals surface area contributed by atoms with Gasteiger partial charge in [0, 0.05) is 34.8 Å². The summed E-state index contributed by atoms with van der Waals surface area (Å²) in [5.74, 6) is 0.426. The molecule has 8 heteroatoms. The van der Waals surface area contributed by atoms with Gasteiger partial charge in [-0.15, -0.1) is 0 Å². The minimum atomic E-state index is -0.227. The molecule has 4 aromatic heterocycles. The smallest absolute Gasteiger partial charge is 0.266 e. The minimum Gasteiger partial charge on any atom is -0.310 e. The largest absolute Gasteiger partial charge is 0.310 e. The van der Waals surface area contributed by atoms with Gasteiger partial charge in [0.25, 0.3) is 5.56 Å². The zero-order valence-electron chi connectivity index (χ0n) is 17.1. The number of H-pyrrole nitrogens is 1. The van der Waals surface area contributed by atoms with Crippen molar-refractivity contribution < 1.29 is 4.79 Å². The molecule has 0 spiro atoms. The first kappa shape index (κ1) is 18.8.